The molecule has 4 rings (SSSR count). The fraction of sp³-hybridized carbons (Fsp3) is 0.500. The number of thioether (sulfide) groups is 1. The summed E-state index contributed by atoms with van der Waals surface area (Å²) in [6, 6.07) is -0.881. The van der Waals surface area contributed by atoms with Crippen molar-refractivity contribution in [3.63, 3.8) is 0 Å². The van der Waals surface area contributed by atoms with Crippen molar-refractivity contribution in [1.82, 2.24) is 20.2 Å². The number of oxime groups is 1. The fourth-order valence-electron chi connectivity index (χ4n) is 3.65. The molecule has 12 nitrogen and oxygen atoms in total. The van der Waals surface area contributed by atoms with E-state index in [-0.39, 0.29) is 17.5 Å². The summed E-state index contributed by atoms with van der Waals surface area (Å²) in [5, 5.41) is 17.1. The van der Waals surface area contributed by atoms with Crippen LogP contribution in [0, 0.1) is 0 Å². The summed E-state index contributed by atoms with van der Waals surface area (Å²) in [5.74, 6) is 3.69. The van der Waals surface area contributed by atoms with Gasteiger partial charge in [-0.3, -0.25) is 19.9 Å². The zero-order valence-corrected chi connectivity index (χ0v) is 17.5. The topological polar surface area (TPSA) is 159 Å². The Bertz CT molecular complexity index is 870. The highest BCUT2D eigenvalue weighted by Crippen LogP contribution is 2.42. The third kappa shape index (κ3) is 3.65. The normalized spacial score (nSPS) is 29.2. The van der Waals surface area contributed by atoms with Gasteiger partial charge in [0, 0.05) is 17.8 Å². The van der Waals surface area contributed by atoms with Crippen LogP contribution in [0.25, 0.3) is 0 Å². The minimum Gasteiger partial charge on any atom is -0.477 e. The molecule has 0 aromatic heterocycles. The number of nitrogens with zero attached hydrogens (tertiary/aromatic N) is 3. The van der Waals surface area contributed by atoms with E-state index < -0.39 is 29.2 Å². The molecule has 4 heterocycles. The molecular weight excluding hydrogens is 436 g/mol. The Morgan fingerprint density at radius 2 is 2.30 bits per heavy atom. The lowest BCUT2D eigenvalue weighted by Gasteiger charge is -2.49. The number of rotatable bonds is 6. The predicted octanol–water partition coefficient (Wildman–Crippen LogP) is -0.910. The van der Waals surface area contributed by atoms with Gasteiger partial charge in [-0.1, -0.05) is 9.68 Å². The predicted molar refractivity (Wildman–Crippen MR) is 108 cm³/mol. The van der Waals surface area contributed by atoms with Crippen LogP contribution in [-0.2, 0) is 24.0 Å². The monoisotopic (exact) mass is 456 g/mol. The lowest BCUT2D eigenvalue weighted by atomic mass is 9.99. The van der Waals surface area contributed by atoms with E-state index in [2.05, 4.69) is 15.9 Å². The number of amides is 2. The Kier molecular flexibility index (Phi) is 5.92. The first-order valence-electron chi connectivity index (χ1n) is 9.05. The fourth-order valence-corrected chi connectivity index (χ4v) is 5.59. The maximum absolute atomic E-state index is 12.8. The molecular formula is C16H20N6O6S2. The lowest BCUT2D eigenvalue weighted by molar-refractivity contribution is -0.150. The number of carboxylic acid groups (broad SMARTS) is 1. The molecule has 0 radical (unpaired) electrons. The van der Waals surface area contributed by atoms with Crippen molar-refractivity contribution in [2.75, 3.05) is 19.5 Å². The molecule has 14 heteroatoms. The Morgan fingerprint density at radius 3 is 2.90 bits per heavy atom. The molecule has 162 valence electrons. The van der Waals surface area contributed by atoms with Crippen LogP contribution >= 0.6 is 23.7 Å². The van der Waals surface area contributed by atoms with Gasteiger partial charge in [-0.25, -0.2) is 10.6 Å². The van der Waals surface area contributed by atoms with Crippen LogP contribution in [-0.4, -0.2) is 75.0 Å². The summed E-state index contributed by atoms with van der Waals surface area (Å²) in [7, 11) is 1.29. The molecule has 0 aromatic rings. The molecule has 0 unspecified atom stereocenters. The van der Waals surface area contributed by atoms with E-state index in [1.165, 1.54) is 28.3 Å². The molecule has 5 N–H and O–H groups in total. The minimum absolute atomic E-state index is 0.0396. The smallest absolute Gasteiger partial charge is 0.352 e. The van der Waals surface area contributed by atoms with Gasteiger partial charge < -0.3 is 20.0 Å². The summed E-state index contributed by atoms with van der Waals surface area (Å²) in [6.45, 7) is 0.575. The largest absolute Gasteiger partial charge is 0.477 e. The van der Waals surface area contributed by atoms with E-state index in [0.29, 0.717) is 23.6 Å². The summed E-state index contributed by atoms with van der Waals surface area (Å²) in [4.78, 5) is 43.4. The van der Waals surface area contributed by atoms with Crippen LogP contribution < -0.4 is 16.6 Å². The second kappa shape index (κ2) is 8.47. The Morgan fingerprint density at radius 1 is 1.50 bits per heavy atom. The summed E-state index contributed by atoms with van der Waals surface area (Å²) < 4.78 is 6.81. The van der Waals surface area contributed by atoms with Gasteiger partial charge in [-0.15, -0.1) is 11.8 Å². The van der Waals surface area contributed by atoms with Gasteiger partial charge in [0.05, 0.1) is 11.8 Å². The number of carbonyl (C=O) groups excluding carboxylic acids is 2. The van der Waals surface area contributed by atoms with Crippen LogP contribution in [0.5, 0.6) is 0 Å². The van der Waals surface area contributed by atoms with Crippen molar-refractivity contribution >= 4 is 47.2 Å². The van der Waals surface area contributed by atoms with Gasteiger partial charge in [0.25, 0.3) is 11.8 Å². The number of fused-ring (bicyclic) bond motifs is 1. The van der Waals surface area contributed by atoms with E-state index in [1.54, 1.807) is 5.41 Å². The molecule has 30 heavy (non-hydrogen) atoms. The second-order valence-corrected chi connectivity index (χ2v) is 8.68. The average molecular weight is 457 g/mol. The van der Waals surface area contributed by atoms with Gasteiger partial charge in [-0.2, -0.15) is 0 Å². The SMILES string of the molecule is CO/N=C(\C(=O)N[C@@H]1C(=O)N2C(C(=O)O)=C([C@@H]3CCCO3)CS[C@H]12)C1=CSN(N)N1. The van der Waals surface area contributed by atoms with Crippen LogP contribution in [0.2, 0.25) is 0 Å². The zero-order chi connectivity index (χ0) is 21.4. The van der Waals surface area contributed by atoms with Gasteiger partial charge in [0.2, 0.25) is 0 Å². The van der Waals surface area contributed by atoms with Gasteiger partial charge in [-0.05, 0) is 30.4 Å². The molecule has 4 aliphatic heterocycles. The number of nitrogens with two attached hydrogens (primary N) is 1. The highest BCUT2D eigenvalue weighted by atomic mass is 32.2. The van der Waals surface area contributed by atoms with Crippen LogP contribution in [0.3, 0.4) is 0 Å². The first kappa shape index (κ1) is 21.0. The highest BCUT2D eigenvalue weighted by molar-refractivity contribution is 8.00. The van der Waals surface area contributed by atoms with Crippen LogP contribution in [0.4, 0.5) is 0 Å². The van der Waals surface area contributed by atoms with Crippen LogP contribution in [0.1, 0.15) is 12.8 Å². The number of ether oxygens (including phenoxy) is 1. The number of aliphatic carboxylic acids is 1. The van der Waals surface area contributed by atoms with Crippen LogP contribution in [0.15, 0.2) is 27.5 Å². The number of nitrogens with one attached hydrogen (secondary N) is 2. The standard InChI is InChI=1S/C16H20N6O6S2/c1-27-20-10(8-6-30-22(17)19-8)13(23)18-11-14(24)21-12(16(25)26)7(5-29-15(11)21)9-3-2-4-28-9/h6,9,11,15,19H,2-5,17H2,1H3,(H,18,23)(H,25,26)/b20-10-/t9-,11+,15+/m0/s1. The van der Waals surface area contributed by atoms with E-state index in [0.717, 1.165) is 24.8 Å². The molecule has 2 fully saturated rings. The van der Waals surface area contributed by atoms with E-state index in [4.69, 9.17) is 15.4 Å². The second-order valence-electron chi connectivity index (χ2n) is 6.74. The van der Waals surface area contributed by atoms with Gasteiger partial charge in [0.15, 0.2) is 5.71 Å². The minimum atomic E-state index is -1.18. The molecule has 0 saturated carbocycles. The average Bonchev–Trinajstić information content (AvgIpc) is 3.40. The van der Waals surface area contributed by atoms with Crippen molar-refractivity contribution < 1.29 is 29.1 Å². The third-order valence-corrected chi connectivity index (χ3v) is 6.93. The Balaban J connectivity index is 1.51. The number of hydrazine groups is 2. The highest BCUT2D eigenvalue weighted by Gasteiger charge is 2.55. The van der Waals surface area contributed by atoms with Crippen molar-refractivity contribution in [2.45, 2.75) is 30.4 Å². The quantitative estimate of drug-likeness (QED) is 0.129. The Hall–Kier alpha value is -2.26. The van der Waals surface area contributed by atoms with Crippen molar-refractivity contribution in [3.05, 3.63) is 22.4 Å². The Labute approximate surface area is 179 Å². The number of hydrogen-bond acceptors (Lipinski definition) is 11. The number of carboxylic acids is 1. The van der Waals surface area contributed by atoms with Gasteiger partial charge in [0.1, 0.15) is 24.2 Å². The molecule has 4 aliphatic rings. The summed E-state index contributed by atoms with van der Waals surface area (Å²) in [6.07, 6.45) is 1.30. The van der Waals surface area contributed by atoms with E-state index in [9.17, 15) is 19.5 Å². The first-order valence-corrected chi connectivity index (χ1v) is 10.9. The lowest BCUT2D eigenvalue weighted by Crippen LogP contribution is -2.71. The summed E-state index contributed by atoms with van der Waals surface area (Å²) in [5.41, 5.74) is 3.52. The van der Waals surface area contributed by atoms with E-state index >= 15 is 0 Å². The molecule has 2 amide bonds. The van der Waals surface area contributed by atoms with Crippen molar-refractivity contribution in [3.8, 4) is 0 Å². The molecule has 3 atom stereocenters. The third-order valence-electron chi connectivity index (χ3n) is 4.97. The molecule has 0 aliphatic carbocycles. The molecule has 0 aromatic carbocycles. The summed E-state index contributed by atoms with van der Waals surface area (Å²) >= 11 is 2.51. The molecule has 0 spiro atoms. The van der Waals surface area contributed by atoms with Gasteiger partial charge >= 0.3 is 5.97 Å². The van der Waals surface area contributed by atoms with E-state index in [1.807, 2.05) is 0 Å². The van der Waals surface area contributed by atoms with Crippen molar-refractivity contribution in [2.24, 2.45) is 11.0 Å². The maximum Gasteiger partial charge on any atom is 0.352 e. The number of carbonyl (C=O) groups is 3. The number of β-lactam (4-membered cyclic amide) rings is 1. The molecule has 0 bridgehead atoms. The zero-order valence-electron chi connectivity index (χ0n) is 15.9. The maximum atomic E-state index is 12.8. The first-order chi connectivity index (χ1) is 14.4. The number of hydrogen-bond donors (Lipinski definition) is 4. The molecule has 2 saturated heterocycles. The van der Waals surface area contributed by atoms with Crippen molar-refractivity contribution in [1.29, 1.82) is 0 Å².